The van der Waals surface area contributed by atoms with E-state index in [1.807, 2.05) is 0 Å². The molecule has 1 spiro atoms. The third-order valence-electron chi connectivity index (χ3n) is 5.73. The van der Waals surface area contributed by atoms with Crippen LogP contribution in [0.15, 0.2) is 23.0 Å². The monoisotopic (exact) mass is 373 g/mol. The number of esters is 1. The van der Waals surface area contributed by atoms with Crippen molar-refractivity contribution in [2.45, 2.75) is 51.6 Å². The molecule has 5 nitrogen and oxygen atoms in total. The lowest BCUT2D eigenvalue weighted by molar-refractivity contribution is -0.157. The van der Waals surface area contributed by atoms with Crippen LogP contribution in [-0.2, 0) is 9.53 Å². The van der Waals surface area contributed by atoms with Crippen molar-refractivity contribution in [2.24, 2.45) is 5.41 Å². The van der Waals surface area contributed by atoms with Crippen molar-refractivity contribution < 1.29 is 14.3 Å². The Balaban J connectivity index is 1.98. The molecule has 1 unspecified atom stereocenters. The Labute approximate surface area is 155 Å². The molecule has 6 heteroatoms. The lowest BCUT2D eigenvalue weighted by Crippen LogP contribution is -2.43. The fourth-order valence-corrected chi connectivity index (χ4v) is 4.78. The first kappa shape index (κ1) is 17.3. The topological polar surface area (TPSA) is 76.2 Å². The largest absolute Gasteiger partial charge is 0.455 e. The minimum Gasteiger partial charge on any atom is -0.455 e. The maximum absolute atomic E-state index is 13.0. The number of halogens is 1. The van der Waals surface area contributed by atoms with Crippen LogP contribution in [0, 0.1) is 5.41 Å². The van der Waals surface area contributed by atoms with Crippen LogP contribution in [-0.4, -0.2) is 16.7 Å². The van der Waals surface area contributed by atoms with Crippen LogP contribution >= 0.6 is 11.6 Å². The number of Topliss-reactive ketones (excluding diaryl/α,β-unsaturated/α-hetero) is 1. The Morgan fingerprint density at radius 1 is 1.23 bits per heavy atom. The number of hydrogen-bond donors (Lipinski definition) is 1. The van der Waals surface area contributed by atoms with E-state index in [-0.39, 0.29) is 23.2 Å². The van der Waals surface area contributed by atoms with Crippen LogP contribution in [0.1, 0.15) is 67.6 Å². The SMILES string of the molecule is CC(=O)OC1c2[nH]c3ccc(Cl)cc3c(=O)c2C(=O)CC12CCCCC2. The van der Waals surface area contributed by atoms with Gasteiger partial charge in [0, 0.05) is 34.7 Å². The Bertz CT molecular complexity index is 972. The number of nitrogens with one attached hydrogen (secondary N) is 1. The first-order valence-electron chi connectivity index (χ1n) is 8.97. The molecule has 1 atom stereocenters. The van der Waals surface area contributed by atoms with Crippen molar-refractivity contribution in [3.8, 4) is 0 Å². The van der Waals surface area contributed by atoms with E-state index in [2.05, 4.69) is 4.98 Å². The Morgan fingerprint density at radius 2 is 1.96 bits per heavy atom. The summed E-state index contributed by atoms with van der Waals surface area (Å²) in [4.78, 5) is 41.0. The van der Waals surface area contributed by atoms with Gasteiger partial charge < -0.3 is 9.72 Å². The number of aromatic nitrogens is 1. The zero-order valence-corrected chi connectivity index (χ0v) is 15.3. The fourth-order valence-electron chi connectivity index (χ4n) is 4.60. The molecular weight excluding hydrogens is 354 g/mol. The molecule has 2 aliphatic carbocycles. The summed E-state index contributed by atoms with van der Waals surface area (Å²) in [5, 5.41) is 0.817. The first-order valence-corrected chi connectivity index (χ1v) is 9.35. The van der Waals surface area contributed by atoms with Crippen molar-refractivity contribution in [3.05, 3.63) is 44.7 Å². The van der Waals surface area contributed by atoms with Crippen molar-refractivity contribution in [1.82, 2.24) is 4.98 Å². The van der Waals surface area contributed by atoms with Crippen molar-refractivity contribution in [3.63, 3.8) is 0 Å². The summed E-state index contributed by atoms with van der Waals surface area (Å²) in [6.07, 6.45) is 4.38. The number of pyridine rings is 1. The zero-order chi connectivity index (χ0) is 18.5. The Morgan fingerprint density at radius 3 is 2.65 bits per heavy atom. The maximum Gasteiger partial charge on any atom is 0.303 e. The van der Waals surface area contributed by atoms with E-state index in [1.54, 1.807) is 18.2 Å². The van der Waals surface area contributed by atoms with Crippen molar-refractivity contribution in [1.29, 1.82) is 0 Å². The molecule has 1 aromatic heterocycles. The Kier molecular flexibility index (Phi) is 4.14. The minimum atomic E-state index is -0.597. The highest BCUT2D eigenvalue weighted by Crippen LogP contribution is 2.53. The minimum absolute atomic E-state index is 0.113. The normalized spacial score (nSPS) is 21.6. The molecular formula is C20H20ClNO4. The summed E-state index contributed by atoms with van der Waals surface area (Å²) in [5.74, 6) is -0.578. The highest BCUT2D eigenvalue weighted by molar-refractivity contribution is 6.31. The molecule has 136 valence electrons. The number of ketones is 1. The third kappa shape index (κ3) is 2.65. The van der Waals surface area contributed by atoms with Crippen molar-refractivity contribution in [2.75, 3.05) is 0 Å². The number of rotatable bonds is 1. The molecule has 4 rings (SSSR count). The number of hydrogen-bond acceptors (Lipinski definition) is 4. The van der Waals surface area contributed by atoms with Gasteiger partial charge >= 0.3 is 5.97 Å². The molecule has 1 aromatic carbocycles. The van der Waals surface area contributed by atoms with Gasteiger partial charge in [-0.25, -0.2) is 0 Å². The average Bonchev–Trinajstić information content (AvgIpc) is 2.59. The Hall–Kier alpha value is -2.14. The molecule has 0 bridgehead atoms. The second-order valence-corrected chi connectivity index (χ2v) is 7.88. The molecule has 1 heterocycles. The number of fused-ring (bicyclic) bond motifs is 2. The van der Waals surface area contributed by atoms with E-state index in [1.165, 1.54) is 6.92 Å². The van der Waals surface area contributed by atoms with E-state index in [0.717, 1.165) is 32.1 Å². The van der Waals surface area contributed by atoms with E-state index in [9.17, 15) is 14.4 Å². The molecule has 2 aromatic rings. The standard InChI is InChI=1S/C20H20ClNO4/c1-11(23)26-19-17-16(15(24)10-20(19)7-3-2-4-8-20)18(25)13-9-12(21)5-6-14(13)22-17/h5-6,9,19H,2-4,7-8,10H2,1H3,(H,22,25). The summed E-state index contributed by atoms with van der Waals surface area (Å²) in [6.45, 7) is 1.37. The van der Waals surface area contributed by atoms with Gasteiger partial charge in [0.25, 0.3) is 0 Å². The highest BCUT2D eigenvalue weighted by Gasteiger charge is 2.50. The molecule has 1 fully saturated rings. The highest BCUT2D eigenvalue weighted by atomic mass is 35.5. The quantitative estimate of drug-likeness (QED) is 0.755. The summed E-state index contributed by atoms with van der Waals surface area (Å²) >= 11 is 6.02. The number of aromatic amines is 1. The van der Waals surface area contributed by atoms with Crippen LogP contribution < -0.4 is 5.43 Å². The van der Waals surface area contributed by atoms with Gasteiger partial charge in [0.1, 0.15) is 6.10 Å². The number of carbonyl (C=O) groups excluding carboxylic acids is 2. The smallest absolute Gasteiger partial charge is 0.303 e. The molecule has 0 amide bonds. The predicted molar refractivity (Wildman–Crippen MR) is 98.6 cm³/mol. The van der Waals surface area contributed by atoms with Crippen LogP contribution in [0.3, 0.4) is 0 Å². The third-order valence-corrected chi connectivity index (χ3v) is 5.97. The number of ether oxygens (including phenoxy) is 1. The van der Waals surface area contributed by atoms with E-state index < -0.39 is 17.5 Å². The average molecular weight is 374 g/mol. The van der Waals surface area contributed by atoms with Gasteiger partial charge in [0.2, 0.25) is 5.43 Å². The van der Waals surface area contributed by atoms with Gasteiger partial charge in [-0.3, -0.25) is 14.4 Å². The van der Waals surface area contributed by atoms with Crippen LogP contribution in [0.25, 0.3) is 10.9 Å². The van der Waals surface area contributed by atoms with Gasteiger partial charge in [0.15, 0.2) is 5.78 Å². The van der Waals surface area contributed by atoms with Crippen LogP contribution in [0.5, 0.6) is 0 Å². The van der Waals surface area contributed by atoms with E-state index >= 15 is 0 Å². The lowest BCUT2D eigenvalue weighted by Gasteiger charge is -2.45. The summed E-state index contributed by atoms with van der Waals surface area (Å²) < 4.78 is 5.70. The molecule has 0 aliphatic heterocycles. The molecule has 2 aliphatic rings. The second kappa shape index (κ2) is 6.23. The first-order chi connectivity index (χ1) is 12.4. The van der Waals surface area contributed by atoms with Gasteiger partial charge in [-0.1, -0.05) is 30.9 Å². The van der Waals surface area contributed by atoms with Gasteiger partial charge in [-0.05, 0) is 31.0 Å². The maximum atomic E-state index is 13.0. The fraction of sp³-hybridized carbons (Fsp3) is 0.450. The van der Waals surface area contributed by atoms with Crippen molar-refractivity contribution >= 4 is 34.3 Å². The lowest BCUT2D eigenvalue weighted by atomic mass is 9.62. The van der Waals surface area contributed by atoms with Crippen LogP contribution in [0.2, 0.25) is 5.02 Å². The zero-order valence-electron chi connectivity index (χ0n) is 14.6. The molecule has 26 heavy (non-hydrogen) atoms. The summed E-state index contributed by atoms with van der Waals surface area (Å²) in [7, 11) is 0. The van der Waals surface area contributed by atoms with Crippen LogP contribution in [0.4, 0.5) is 0 Å². The number of benzene rings is 1. The second-order valence-electron chi connectivity index (χ2n) is 7.45. The molecule has 1 saturated carbocycles. The summed E-state index contributed by atoms with van der Waals surface area (Å²) in [5.41, 5.74) is 0.386. The number of H-pyrrole nitrogens is 1. The van der Waals surface area contributed by atoms with Gasteiger partial charge in [-0.15, -0.1) is 0 Å². The van der Waals surface area contributed by atoms with E-state index in [4.69, 9.17) is 16.3 Å². The number of carbonyl (C=O) groups is 2. The molecule has 0 saturated heterocycles. The van der Waals surface area contributed by atoms with Gasteiger partial charge in [-0.2, -0.15) is 0 Å². The predicted octanol–water partition coefficient (Wildman–Crippen LogP) is 4.32. The molecule has 1 N–H and O–H groups in total. The molecule has 0 radical (unpaired) electrons. The van der Waals surface area contributed by atoms with Gasteiger partial charge in [0.05, 0.1) is 11.3 Å². The van der Waals surface area contributed by atoms with E-state index in [0.29, 0.717) is 21.6 Å². The summed E-state index contributed by atoms with van der Waals surface area (Å²) in [6, 6.07) is 4.97.